The Morgan fingerprint density at radius 3 is 1.88 bits per heavy atom. The van der Waals surface area contributed by atoms with Crippen molar-refractivity contribution in [1.29, 1.82) is 0 Å². The van der Waals surface area contributed by atoms with Gasteiger partial charge in [-0.15, -0.1) is 0 Å². The first-order chi connectivity index (χ1) is 11.8. The molecule has 0 spiro atoms. The largest absolute Gasteiger partial charge is 0.350 e. The fraction of sp³-hybridized carbons (Fsp3) is 0.176. The van der Waals surface area contributed by atoms with Gasteiger partial charge in [-0.3, -0.25) is 9.59 Å². The highest BCUT2D eigenvalue weighted by Gasteiger charge is 2.16. The number of carbonyl (C=O) groups is 2. The summed E-state index contributed by atoms with van der Waals surface area (Å²) in [6, 6.07) is 8.91. The lowest BCUT2D eigenvalue weighted by atomic mass is 10.2. The molecule has 1 atom stereocenters. The van der Waals surface area contributed by atoms with Crippen molar-refractivity contribution >= 4 is 58.2 Å². The van der Waals surface area contributed by atoms with Crippen molar-refractivity contribution in [3.63, 3.8) is 0 Å². The molecule has 2 amide bonds. The summed E-state index contributed by atoms with van der Waals surface area (Å²) in [7, 11) is 0. The summed E-state index contributed by atoms with van der Waals surface area (Å²) in [4.78, 5) is 24.4. The van der Waals surface area contributed by atoms with Crippen LogP contribution in [0.3, 0.4) is 0 Å². The molecule has 2 aromatic carbocycles. The molecule has 0 aliphatic heterocycles. The third kappa shape index (κ3) is 5.51. The first kappa shape index (κ1) is 19.9. The molecule has 25 heavy (non-hydrogen) atoms. The molecule has 0 aliphatic rings. The monoisotopic (exact) mass is 418 g/mol. The number of amides is 2. The maximum absolute atomic E-state index is 12.2. The van der Waals surface area contributed by atoms with Gasteiger partial charge in [0.1, 0.15) is 0 Å². The zero-order chi connectivity index (χ0) is 18.6. The van der Waals surface area contributed by atoms with Crippen LogP contribution < -0.4 is 10.6 Å². The van der Waals surface area contributed by atoms with Crippen molar-refractivity contribution < 1.29 is 9.59 Å². The van der Waals surface area contributed by atoms with Gasteiger partial charge in [-0.05, 0) is 43.3 Å². The molecule has 2 aromatic rings. The van der Waals surface area contributed by atoms with E-state index in [1.807, 2.05) is 0 Å². The van der Waals surface area contributed by atoms with Crippen LogP contribution in [-0.4, -0.2) is 24.4 Å². The molecule has 132 valence electrons. The SMILES string of the molecule is C[C@H](CNC(=O)c1cc(Cl)ccc1Cl)NC(=O)c1cc(Cl)ccc1Cl. The van der Waals surface area contributed by atoms with Crippen LogP contribution in [0.4, 0.5) is 0 Å². The zero-order valence-electron chi connectivity index (χ0n) is 13.1. The first-order valence-electron chi connectivity index (χ1n) is 7.27. The predicted octanol–water partition coefficient (Wildman–Crippen LogP) is 4.85. The second-order valence-electron chi connectivity index (χ2n) is 5.33. The van der Waals surface area contributed by atoms with Gasteiger partial charge in [0.25, 0.3) is 11.8 Å². The summed E-state index contributed by atoms with van der Waals surface area (Å²) in [5, 5.41) is 6.84. The summed E-state index contributed by atoms with van der Waals surface area (Å²) in [5.74, 6) is -0.760. The normalized spacial score (nSPS) is 11.7. The van der Waals surface area contributed by atoms with Crippen LogP contribution in [0.2, 0.25) is 20.1 Å². The van der Waals surface area contributed by atoms with E-state index in [1.54, 1.807) is 31.2 Å². The zero-order valence-corrected chi connectivity index (χ0v) is 16.1. The van der Waals surface area contributed by atoms with Crippen molar-refractivity contribution in [2.45, 2.75) is 13.0 Å². The molecule has 0 aromatic heterocycles. The van der Waals surface area contributed by atoms with Gasteiger partial charge < -0.3 is 10.6 Å². The smallest absolute Gasteiger partial charge is 0.253 e. The molecular formula is C17H14Cl4N2O2. The average molecular weight is 420 g/mol. The molecule has 8 heteroatoms. The summed E-state index contributed by atoms with van der Waals surface area (Å²) >= 11 is 23.7. The van der Waals surface area contributed by atoms with Crippen LogP contribution in [0.25, 0.3) is 0 Å². The number of nitrogens with one attached hydrogen (secondary N) is 2. The van der Waals surface area contributed by atoms with Gasteiger partial charge in [0.15, 0.2) is 0 Å². The number of carbonyl (C=O) groups excluding carboxylic acids is 2. The Morgan fingerprint density at radius 2 is 1.36 bits per heavy atom. The van der Waals surface area contributed by atoms with E-state index in [4.69, 9.17) is 46.4 Å². The lowest BCUT2D eigenvalue weighted by molar-refractivity contribution is 0.0912. The first-order valence-corrected chi connectivity index (χ1v) is 8.78. The molecule has 0 aliphatic carbocycles. The summed E-state index contributed by atoms with van der Waals surface area (Å²) in [5.41, 5.74) is 0.538. The maximum atomic E-state index is 12.2. The van der Waals surface area contributed by atoms with Crippen molar-refractivity contribution in [3.05, 3.63) is 67.6 Å². The highest BCUT2D eigenvalue weighted by atomic mass is 35.5. The van der Waals surface area contributed by atoms with E-state index in [1.165, 1.54) is 12.1 Å². The fourth-order valence-electron chi connectivity index (χ4n) is 2.04. The number of hydrogen-bond donors (Lipinski definition) is 2. The fourth-order valence-corrected chi connectivity index (χ4v) is 2.79. The Kier molecular flexibility index (Phi) is 6.96. The molecule has 0 fully saturated rings. The lowest BCUT2D eigenvalue weighted by Gasteiger charge is -2.16. The van der Waals surface area contributed by atoms with E-state index in [0.717, 1.165) is 0 Å². The molecule has 0 heterocycles. The van der Waals surface area contributed by atoms with Gasteiger partial charge in [-0.1, -0.05) is 46.4 Å². The molecule has 0 radical (unpaired) electrons. The van der Waals surface area contributed by atoms with Gasteiger partial charge in [0.05, 0.1) is 21.2 Å². The standard InChI is InChI=1S/C17H14Cl4N2O2/c1-9(23-17(25)13-7-11(19)3-5-15(13)21)8-22-16(24)12-6-10(18)2-4-14(12)20/h2-7,9H,8H2,1H3,(H,22,24)(H,23,25)/t9-/m1/s1. The van der Waals surface area contributed by atoms with Crippen LogP contribution in [0, 0.1) is 0 Å². The number of hydrogen-bond acceptors (Lipinski definition) is 2. The summed E-state index contributed by atoms with van der Waals surface area (Å²) in [6.07, 6.45) is 0. The van der Waals surface area contributed by atoms with Gasteiger partial charge in [0.2, 0.25) is 0 Å². The van der Waals surface area contributed by atoms with Gasteiger partial charge in [-0.25, -0.2) is 0 Å². The van der Waals surface area contributed by atoms with Gasteiger partial charge in [-0.2, -0.15) is 0 Å². The van der Waals surface area contributed by atoms with Crippen LogP contribution in [-0.2, 0) is 0 Å². The van der Waals surface area contributed by atoms with E-state index < -0.39 is 0 Å². The molecule has 0 saturated carbocycles. The topological polar surface area (TPSA) is 58.2 Å². The van der Waals surface area contributed by atoms with Crippen LogP contribution in [0.15, 0.2) is 36.4 Å². The van der Waals surface area contributed by atoms with E-state index in [0.29, 0.717) is 20.1 Å². The molecule has 2 N–H and O–H groups in total. The molecule has 0 unspecified atom stereocenters. The van der Waals surface area contributed by atoms with E-state index in [-0.39, 0.29) is 35.5 Å². The average Bonchev–Trinajstić information content (AvgIpc) is 2.57. The van der Waals surface area contributed by atoms with Crippen molar-refractivity contribution in [1.82, 2.24) is 10.6 Å². The second kappa shape index (κ2) is 8.77. The Labute approximate surface area is 165 Å². The maximum Gasteiger partial charge on any atom is 0.253 e. The van der Waals surface area contributed by atoms with Crippen molar-refractivity contribution in [2.75, 3.05) is 6.54 Å². The lowest BCUT2D eigenvalue weighted by Crippen LogP contribution is -2.42. The van der Waals surface area contributed by atoms with E-state index in [9.17, 15) is 9.59 Å². The number of benzene rings is 2. The number of halogens is 4. The summed E-state index contributed by atoms with van der Waals surface area (Å²) < 4.78 is 0. The summed E-state index contributed by atoms with van der Waals surface area (Å²) in [6.45, 7) is 1.95. The quantitative estimate of drug-likeness (QED) is 0.727. The molecular weight excluding hydrogens is 406 g/mol. The van der Waals surface area contributed by atoms with E-state index in [2.05, 4.69) is 10.6 Å². The Hall–Kier alpha value is -1.46. The van der Waals surface area contributed by atoms with E-state index >= 15 is 0 Å². The Balaban J connectivity index is 1.95. The highest BCUT2D eigenvalue weighted by Crippen LogP contribution is 2.21. The highest BCUT2D eigenvalue weighted by molar-refractivity contribution is 6.36. The van der Waals surface area contributed by atoms with Gasteiger partial charge in [0, 0.05) is 22.6 Å². The molecule has 0 saturated heterocycles. The third-order valence-corrected chi connectivity index (χ3v) is 4.42. The van der Waals surface area contributed by atoms with Crippen LogP contribution in [0.1, 0.15) is 27.6 Å². The minimum absolute atomic E-state index is 0.200. The Morgan fingerprint density at radius 1 is 0.880 bits per heavy atom. The second-order valence-corrected chi connectivity index (χ2v) is 7.02. The molecule has 4 nitrogen and oxygen atoms in total. The molecule has 0 bridgehead atoms. The minimum Gasteiger partial charge on any atom is -0.350 e. The van der Waals surface area contributed by atoms with Crippen molar-refractivity contribution in [3.8, 4) is 0 Å². The number of rotatable bonds is 5. The minimum atomic E-state index is -0.380. The van der Waals surface area contributed by atoms with Crippen LogP contribution >= 0.6 is 46.4 Å². The molecule has 2 rings (SSSR count). The van der Waals surface area contributed by atoms with Crippen LogP contribution in [0.5, 0.6) is 0 Å². The van der Waals surface area contributed by atoms with Gasteiger partial charge >= 0.3 is 0 Å². The third-order valence-electron chi connectivity index (χ3n) is 3.29. The Bertz CT molecular complexity index is 811. The predicted molar refractivity (Wildman–Crippen MR) is 102 cm³/mol. The van der Waals surface area contributed by atoms with Crippen molar-refractivity contribution in [2.24, 2.45) is 0 Å².